The molecule has 6 heteroatoms. The average molecular weight is 733 g/mol. The molecule has 6 nitrogen and oxygen atoms in total. The van der Waals surface area contributed by atoms with E-state index in [1.807, 2.05) is 0 Å². The summed E-state index contributed by atoms with van der Waals surface area (Å²) in [7, 11) is 0. The quantitative estimate of drug-likeness (QED) is 0.0270. The highest BCUT2D eigenvalue weighted by Crippen LogP contribution is 2.14. The van der Waals surface area contributed by atoms with Crippen LogP contribution in [0.1, 0.15) is 233 Å². The Bertz CT molecular complexity index is 850. The van der Waals surface area contributed by atoms with Crippen molar-refractivity contribution in [2.75, 3.05) is 13.2 Å². The lowest BCUT2D eigenvalue weighted by molar-refractivity contribution is -0.167. The maximum Gasteiger partial charge on any atom is 0.306 e. The molecule has 0 aromatic rings. The van der Waals surface area contributed by atoms with Crippen molar-refractivity contribution in [1.82, 2.24) is 0 Å². The molecule has 0 aliphatic heterocycles. The minimum Gasteiger partial charge on any atom is -0.462 e. The number of hydrogen-bond acceptors (Lipinski definition) is 6. The zero-order valence-electron chi connectivity index (χ0n) is 34.6. The molecule has 0 spiro atoms. The molecular weight excluding hydrogens is 648 g/mol. The molecule has 0 bridgehead atoms. The van der Waals surface area contributed by atoms with Crippen molar-refractivity contribution in [2.45, 2.75) is 239 Å². The van der Waals surface area contributed by atoms with E-state index in [1.54, 1.807) is 0 Å². The maximum absolute atomic E-state index is 12.7. The van der Waals surface area contributed by atoms with Crippen LogP contribution < -0.4 is 0 Å². The van der Waals surface area contributed by atoms with Gasteiger partial charge in [0.25, 0.3) is 0 Å². The highest BCUT2D eigenvalue weighted by Gasteiger charge is 2.19. The zero-order chi connectivity index (χ0) is 38.0. The lowest BCUT2D eigenvalue weighted by Gasteiger charge is -2.18. The maximum atomic E-state index is 12.7. The summed E-state index contributed by atoms with van der Waals surface area (Å²) in [6, 6.07) is 0. The van der Waals surface area contributed by atoms with Crippen LogP contribution in [0.4, 0.5) is 0 Å². The van der Waals surface area contributed by atoms with Crippen LogP contribution >= 0.6 is 0 Å². The van der Waals surface area contributed by atoms with Gasteiger partial charge in [-0.2, -0.15) is 0 Å². The zero-order valence-corrected chi connectivity index (χ0v) is 34.6. The van der Waals surface area contributed by atoms with Gasteiger partial charge in [0.15, 0.2) is 6.10 Å². The largest absolute Gasteiger partial charge is 0.462 e. The fourth-order valence-corrected chi connectivity index (χ4v) is 6.25. The van der Waals surface area contributed by atoms with E-state index in [-0.39, 0.29) is 31.1 Å². The highest BCUT2D eigenvalue weighted by atomic mass is 16.6. The van der Waals surface area contributed by atoms with Crippen molar-refractivity contribution in [3.63, 3.8) is 0 Å². The molecule has 0 radical (unpaired) electrons. The van der Waals surface area contributed by atoms with E-state index in [0.717, 1.165) is 83.5 Å². The molecule has 0 saturated carbocycles. The number of ether oxygens (including phenoxy) is 3. The molecule has 0 aromatic heterocycles. The molecular formula is C46H84O6. The summed E-state index contributed by atoms with van der Waals surface area (Å²) in [4.78, 5) is 37.6. The normalized spacial score (nSPS) is 12.1. The van der Waals surface area contributed by atoms with Crippen LogP contribution in [0.25, 0.3) is 0 Å². The van der Waals surface area contributed by atoms with E-state index in [2.05, 4.69) is 45.1 Å². The molecule has 0 aliphatic carbocycles. The second kappa shape index (κ2) is 41.6. The molecule has 52 heavy (non-hydrogen) atoms. The molecule has 0 rings (SSSR count). The van der Waals surface area contributed by atoms with Gasteiger partial charge in [-0.25, -0.2) is 0 Å². The van der Waals surface area contributed by atoms with Crippen LogP contribution in [0, 0.1) is 0 Å². The molecule has 304 valence electrons. The second-order valence-electron chi connectivity index (χ2n) is 15.0. The highest BCUT2D eigenvalue weighted by molar-refractivity contribution is 5.71. The van der Waals surface area contributed by atoms with E-state index < -0.39 is 6.10 Å². The first-order valence-electron chi connectivity index (χ1n) is 22.3. The SMILES string of the molecule is CCCCC/C=C\CCCCCCCC(=O)OC(COC(=O)CCCCC/C=C\CCCCCCCC)COC(=O)CCCCCCCCCCC. The standard InChI is InChI=1S/C46H84O6/c1-4-7-10-13-16-19-21-23-25-27-30-33-36-39-45(48)51-42-43(41-50-44(47)38-35-32-29-26-18-15-12-9-6-3)52-46(49)40-37-34-31-28-24-22-20-17-14-11-8-5-2/h17,20,23,25,43H,4-16,18-19,21-22,24,26-42H2,1-3H3/b20-17-,25-23-. The Morgan fingerprint density at radius 1 is 0.365 bits per heavy atom. The molecule has 0 N–H and O–H groups in total. The van der Waals surface area contributed by atoms with Gasteiger partial charge in [0.1, 0.15) is 13.2 Å². The van der Waals surface area contributed by atoms with Gasteiger partial charge in [0.05, 0.1) is 0 Å². The summed E-state index contributed by atoms with van der Waals surface area (Å²) in [6.07, 6.45) is 44.4. The Hall–Kier alpha value is -2.11. The molecule has 0 heterocycles. The third kappa shape index (κ3) is 39.1. The summed E-state index contributed by atoms with van der Waals surface area (Å²) >= 11 is 0. The molecule has 0 aromatic carbocycles. The van der Waals surface area contributed by atoms with Crippen molar-refractivity contribution in [1.29, 1.82) is 0 Å². The number of esters is 3. The van der Waals surface area contributed by atoms with Crippen LogP contribution in [-0.4, -0.2) is 37.2 Å². The molecule has 0 amide bonds. The Morgan fingerprint density at radius 2 is 0.635 bits per heavy atom. The number of carbonyl (C=O) groups is 3. The fraction of sp³-hybridized carbons (Fsp3) is 0.848. The number of hydrogen-bond donors (Lipinski definition) is 0. The fourth-order valence-electron chi connectivity index (χ4n) is 6.25. The van der Waals surface area contributed by atoms with Crippen molar-refractivity contribution < 1.29 is 28.6 Å². The van der Waals surface area contributed by atoms with Gasteiger partial charge in [0.2, 0.25) is 0 Å². The van der Waals surface area contributed by atoms with Crippen LogP contribution in [0.3, 0.4) is 0 Å². The van der Waals surface area contributed by atoms with Gasteiger partial charge >= 0.3 is 17.9 Å². The molecule has 0 saturated heterocycles. The van der Waals surface area contributed by atoms with Crippen LogP contribution in [0.2, 0.25) is 0 Å². The number of rotatable bonds is 40. The summed E-state index contributed by atoms with van der Waals surface area (Å²) in [6.45, 7) is 6.56. The third-order valence-corrected chi connectivity index (χ3v) is 9.68. The van der Waals surface area contributed by atoms with Gasteiger partial charge in [0, 0.05) is 19.3 Å². The number of carbonyl (C=O) groups excluding carboxylic acids is 3. The summed E-state index contributed by atoms with van der Waals surface area (Å²) < 4.78 is 16.6. The van der Waals surface area contributed by atoms with E-state index >= 15 is 0 Å². The molecule has 1 atom stereocenters. The number of allylic oxidation sites excluding steroid dienone is 4. The Labute approximate surface area is 322 Å². The lowest BCUT2D eigenvalue weighted by atomic mass is 10.1. The van der Waals surface area contributed by atoms with E-state index in [4.69, 9.17) is 14.2 Å². The Balaban J connectivity index is 4.38. The van der Waals surface area contributed by atoms with Crippen molar-refractivity contribution in [2.24, 2.45) is 0 Å². The first-order chi connectivity index (χ1) is 25.5. The van der Waals surface area contributed by atoms with Crippen molar-refractivity contribution >= 4 is 17.9 Å². The smallest absolute Gasteiger partial charge is 0.306 e. The van der Waals surface area contributed by atoms with Gasteiger partial charge in [-0.3, -0.25) is 14.4 Å². The second-order valence-corrected chi connectivity index (χ2v) is 15.0. The summed E-state index contributed by atoms with van der Waals surface area (Å²) in [5.41, 5.74) is 0. The average Bonchev–Trinajstić information content (AvgIpc) is 3.14. The minimum atomic E-state index is -0.774. The van der Waals surface area contributed by atoms with Crippen molar-refractivity contribution in [3.8, 4) is 0 Å². The molecule has 1 unspecified atom stereocenters. The summed E-state index contributed by atoms with van der Waals surface area (Å²) in [5, 5.41) is 0. The Kier molecular flexibility index (Phi) is 40.0. The van der Waals surface area contributed by atoms with E-state index in [9.17, 15) is 14.4 Å². The number of unbranched alkanes of at least 4 members (excludes halogenated alkanes) is 25. The predicted octanol–water partition coefficient (Wildman–Crippen LogP) is 14.0. The third-order valence-electron chi connectivity index (χ3n) is 9.68. The van der Waals surface area contributed by atoms with Gasteiger partial charge < -0.3 is 14.2 Å². The topological polar surface area (TPSA) is 78.9 Å². The van der Waals surface area contributed by atoms with Crippen molar-refractivity contribution in [3.05, 3.63) is 24.3 Å². The summed E-state index contributed by atoms with van der Waals surface area (Å²) in [5.74, 6) is -0.903. The predicted molar refractivity (Wildman–Crippen MR) is 219 cm³/mol. The van der Waals surface area contributed by atoms with Crippen LogP contribution in [-0.2, 0) is 28.6 Å². The minimum absolute atomic E-state index is 0.0771. The Morgan fingerprint density at radius 3 is 1.02 bits per heavy atom. The van der Waals surface area contributed by atoms with Gasteiger partial charge in [-0.05, 0) is 70.6 Å². The van der Waals surface area contributed by atoms with Gasteiger partial charge in [-0.15, -0.1) is 0 Å². The molecule has 0 fully saturated rings. The molecule has 0 aliphatic rings. The monoisotopic (exact) mass is 733 g/mol. The van der Waals surface area contributed by atoms with E-state index in [1.165, 1.54) is 109 Å². The first kappa shape index (κ1) is 49.9. The van der Waals surface area contributed by atoms with Crippen LogP contribution in [0.5, 0.6) is 0 Å². The van der Waals surface area contributed by atoms with Gasteiger partial charge in [-0.1, -0.05) is 167 Å². The van der Waals surface area contributed by atoms with E-state index in [0.29, 0.717) is 19.3 Å². The lowest BCUT2D eigenvalue weighted by Crippen LogP contribution is -2.30. The van der Waals surface area contributed by atoms with Crippen LogP contribution in [0.15, 0.2) is 24.3 Å². The first-order valence-corrected chi connectivity index (χ1v) is 22.3.